The average molecular weight is 398 g/mol. The van der Waals surface area contributed by atoms with Gasteiger partial charge in [-0.15, -0.1) is 0 Å². The van der Waals surface area contributed by atoms with E-state index in [4.69, 9.17) is 4.74 Å². The van der Waals surface area contributed by atoms with E-state index >= 15 is 0 Å². The number of hydrogen-bond donors (Lipinski definition) is 0. The zero-order chi connectivity index (χ0) is 20.5. The molecule has 0 unspecified atom stereocenters. The zero-order valence-corrected chi connectivity index (χ0v) is 17.4. The highest BCUT2D eigenvalue weighted by Crippen LogP contribution is 2.33. The van der Waals surface area contributed by atoms with Crippen LogP contribution in [0.15, 0.2) is 42.6 Å². The van der Waals surface area contributed by atoms with Crippen molar-refractivity contribution in [1.82, 2.24) is 4.98 Å². The molecule has 3 rings (SSSR count). The monoisotopic (exact) mass is 397 g/mol. The molecule has 0 N–H and O–H groups in total. The molecule has 0 atom stereocenters. The number of unbranched alkanes of at least 4 members (excludes halogenated alkanes) is 2. The molecule has 3 nitrogen and oxygen atoms in total. The summed E-state index contributed by atoms with van der Waals surface area (Å²) in [5.41, 5.74) is 2.01. The van der Waals surface area contributed by atoms with Gasteiger partial charge in [-0.2, -0.15) is 0 Å². The van der Waals surface area contributed by atoms with Crippen molar-refractivity contribution < 1.29 is 13.9 Å². The molecule has 4 heteroatoms. The molecule has 0 bridgehead atoms. The molecule has 1 saturated carbocycles. The van der Waals surface area contributed by atoms with Gasteiger partial charge < -0.3 is 4.74 Å². The first kappa shape index (κ1) is 21.5. The second-order valence-electron chi connectivity index (χ2n) is 8.25. The molecule has 0 amide bonds. The van der Waals surface area contributed by atoms with Crippen LogP contribution in [0.1, 0.15) is 69.5 Å². The first-order valence-corrected chi connectivity index (χ1v) is 11.0. The summed E-state index contributed by atoms with van der Waals surface area (Å²) in [7, 11) is 0. The highest BCUT2D eigenvalue weighted by molar-refractivity contribution is 5.75. The number of aromatic nitrogens is 1. The summed E-state index contributed by atoms with van der Waals surface area (Å²) in [6.07, 6.45) is 12.6. The van der Waals surface area contributed by atoms with E-state index < -0.39 is 0 Å². The fraction of sp³-hybridized carbons (Fsp3) is 0.520. The van der Waals surface area contributed by atoms with E-state index in [1.807, 2.05) is 12.1 Å². The molecule has 0 aliphatic heterocycles. The summed E-state index contributed by atoms with van der Waals surface area (Å²) >= 11 is 0. The Hall–Kier alpha value is -2.23. The quantitative estimate of drug-likeness (QED) is 0.368. The minimum Gasteiger partial charge on any atom is -0.425 e. The number of rotatable bonds is 9. The number of carbonyl (C=O) groups is 1. The van der Waals surface area contributed by atoms with Gasteiger partial charge in [-0.3, -0.25) is 9.78 Å². The van der Waals surface area contributed by atoms with Gasteiger partial charge in [-0.05, 0) is 74.3 Å². The predicted octanol–water partition coefficient (Wildman–Crippen LogP) is 6.30. The molecule has 1 aliphatic carbocycles. The molecule has 1 aromatic carbocycles. The third kappa shape index (κ3) is 6.95. The van der Waals surface area contributed by atoms with Crippen molar-refractivity contribution in [3.05, 3.63) is 59.7 Å². The normalized spacial score (nSPS) is 19.1. The molecule has 0 spiro atoms. The van der Waals surface area contributed by atoms with E-state index in [1.165, 1.54) is 37.8 Å². The highest BCUT2D eigenvalue weighted by atomic mass is 19.1. The molecule has 156 valence electrons. The average Bonchev–Trinajstić information content (AvgIpc) is 2.75. The molecule has 2 aromatic rings. The first-order valence-electron chi connectivity index (χ1n) is 11.0. The second-order valence-corrected chi connectivity index (χ2v) is 8.25. The van der Waals surface area contributed by atoms with Crippen LogP contribution in [0.25, 0.3) is 0 Å². The van der Waals surface area contributed by atoms with E-state index in [9.17, 15) is 9.18 Å². The van der Waals surface area contributed by atoms with Gasteiger partial charge in [0.25, 0.3) is 0 Å². The Morgan fingerprint density at radius 3 is 2.45 bits per heavy atom. The Morgan fingerprint density at radius 2 is 1.79 bits per heavy atom. The van der Waals surface area contributed by atoms with Crippen LogP contribution in [-0.4, -0.2) is 11.0 Å². The van der Waals surface area contributed by atoms with Crippen molar-refractivity contribution in [2.45, 2.75) is 71.1 Å². The van der Waals surface area contributed by atoms with E-state index in [1.54, 1.807) is 18.3 Å². The van der Waals surface area contributed by atoms with E-state index in [0.717, 1.165) is 55.7 Å². The smallest absolute Gasteiger partial charge is 0.314 e. The predicted molar refractivity (Wildman–Crippen MR) is 113 cm³/mol. The van der Waals surface area contributed by atoms with E-state index in [-0.39, 0.29) is 17.7 Å². The number of nitrogens with zero attached hydrogens (tertiary/aromatic N) is 1. The standard InChI is InChI=1S/C25H32FNO2/c1-2-3-4-5-19-6-11-21(12-7-19)25(28)29-24-17-16-23(27-18-24)15-10-20-8-13-22(26)14-9-20/h8-9,13-14,16-19,21H,2-7,10-12,15H2,1H3. The van der Waals surface area contributed by atoms with Gasteiger partial charge in [0.05, 0.1) is 12.1 Å². The molecule has 1 heterocycles. The fourth-order valence-corrected chi connectivity index (χ4v) is 4.11. The maximum atomic E-state index is 13.0. The minimum atomic E-state index is -0.219. The summed E-state index contributed by atoms with van der Waals surface area (Å²) in [4.78, 5) is 16.9. The van der Waals surface area contributed by atoms with Crippen LogP contribution in [0.5, 0.6) is 5.75 Å². The van der Waals surface area contributed by atoms with Crippen LogP contribution in [-0.2, 0) is 17.6 Å². The van der Waals surface area contributed by atoms with Gasteiger partial charge in [0.2, 0.25) is 0 Å². The number of carbonyl (C=O) groups excluding carboxylic acids is 1. The topological polar surface area (TPSA) is 39.2 Å². The highest BCUT2D eigenvalue weighted by Gasteiger charge is 2.27. The Kier molecular flexibility index (Phi) is 8.21. The summed E-state index contributed by atoms with van der Waals surface area (Å²) in [5, 5.41) is 0. The van der Waals surface area contributed by atoms with Crippen molar-refractivity contribution in [2.75, 3.05) is 0 Å². The molecule has 1 aromatic heterocycles. The summed E-state index contributed by atoms with van der Waals surface area (Å²) in [6.45, 7) is 2.24. The first-order chi connectivity index (χ1) is 14.1. The number of hydrogen-bond acceptors (Lipinski definition) is 3. The van der Waals surface area contributed by atoms with Gasteiger partial charge in [0.1, 0.15) is 11.6 Å². The number of halogens is 1. The van der Waals surface area contributed by atoms with Crippen molar-refractivity contribution in [3.8, 4) is 5.75 Å². The van der Waals surface area contributed by atoms with Crippen molar-refractivity contribution >= 4 is 5.97 Å². The van der Waals surface area contributed by atoms with Crippen molar-refractivity contribution in [2.24, 2.45) is 11.8 Å². The lowest BCUT2D eigenvalue weighted by atomic mass is 9.80. The maximum Gasteiger partial charge on any atom is 0.314 e. The van der Waals surface area contributed by atoms with Gasteiger partial charge in [0, 0.05) is 5.69 Å². The SMILES string of the molecule is CCCCCC1CCC(C(=O)Oc2ccc(CCc3ccc(F)cc3)nc2)CC1. The Morgan fingerprint density at radius 1 is 1.03 bits per heavy atom. The fourth-order valence-electron chi connectivity index (χ4n) is 4.11. The minimum absolute atomic E-state index is 0.0237. The third-order valence-electron chi connectivity index (χ3n) is 6.00. The molecular formula is C25H32FNO2. The number of ether oxygens (including phenoxy) is 1. The number of benzene rings is 1. The van der Waals surface area contributed by atoms with Crippen molar-refractivity contribution in [3.63, 3.8) is 0 Å². The van der Waals surface area contributed by atoms with Crippen LogP contribution >= 0.6 is 0 Å². The lowest BCUT2D eigenvalue weighted by molar-refractivity contribution is -0.140. The van der Waals surface area contributed by atoms with Crippen LogP contribution < -0.4 is 4.74 Å². The molecule has 0 radical (unpaired) electrons. The zero-order valence-electron chi connectivity index (χ0n) is 17.4. The number of aryl methyl sites for hydroxylation is 2. The number of esters is 1. The van der Waals surface area contributed by atoms with E-state index in [2.05, 4.69) is 11.9 Å². The molecule has 0 saturated heterocycles. The molecule has 1 aliphatic rings. The Labute approximate surface area is 173 Å². The lowest BCUT2D eigenvalue weighted by Gasteiger charge is -2.27. The lowest BCUT2D eigenvalue weighted by Crippen LogP contribution is -2.25. The largest absolute Gasteiger partial charge is 0.425 e. The Bertz CT molecular complexity index is 749. The maximum absolute atomic E-state index is 13.0. The molecular weight excluding hydrogens is 365 g/mol. The van der Waals surface area contributed by atoms with Gasteiger partial charge in [0.15, 0.2) is 0 Å². The van der Waals surface area contributed by atoms with E-state index in [0.29, 0.717) is 5.75 Å². The van der Waals surface area contributed by atoms with Crippen LogP contribution in [0.4, 0.5) is 4.39 Å². The molecule has 1 fully saturated rings. The third-order valence-corrected chi connectivity index (χ3v) is 6.00. The van der Waals surface area contributed by atoms with Crippen LogP contribution in [0.3, 0.4) is 0 Å². The van der Waals surface area contributed by atoms with Gasteiger partial charge >= 0.3 is 5.97 Å². The second kappa shape index (κ2) is 11.1. The van der Waals surface area contributed by atoms with Crippen LogP contribution in [0, 0.1) is 17.7 Å². The van der Waals surface area contributed by atoms with Crippen molar-refractivity contribution in [1.29, 1.82) is 0 Å². The van der Waals surface area contributed by atoms with Gasteiger partial charge in [-0.1, -0.05) is 44.7 Å². The summed E-state index contributed by atoms with van der Waals surface area (Å²) in [5.74, 6) is 0.995. The van der Waals surface area contributed by atoms with Gasteiger partial charge in [-0.25, -0.2) is 4.39 Å². The molecule has 29 heavy (non-hydrogen) atoms. The summed E-state index contributed by atoms with van der Waals surface area (Å²) < 4.78 is 18.5. The van der Waals surface area contributed by atoms with Crippen LogP contribution in [0.2, 0.25) is 0 Å². The summed E-state index contributed by atoms with van der Waals surface area (Å²) in [6, 6.07) is 10.3. The number of pyridine rings is 1. The Balaban J connectivity index is 1.41.